The van der Waals surface area contributed by atoms with Gasteiger partial charge in [-0.25, -0.2) is 4.98 Å². The molecule has 1 aromatic heterocycles. The first-order valence-electron chi connectivity index (χ1n) is 4.28. The van der Waals surface area contributed by atoms with E-state index in [1.165, 1.54) is 0 Å². The van der Waals surface area contributed by atoms with Crippen molar-refractivity contribution < 1.29 is 0 Å². The summed E-state index contributed by atoms with van der Waals surface area (Å²) in [5.41, 5.74) is 0.395. The number of hydrogen-bond acceptors (Lipinski definition) is 3. The van der Waals surface area contributed by atoms with Gasteiger partial charge in [0.05, 0.1) is 0 Å². The monoisotopic (exact) mass is 213 g/mol. The second kappa shape index (κ2) is 4.91. The van der Waals surface area contributed by atoms with Gasteiger partial charge in [0.2, 0.25) is 0 Å². The predicted molar refractivity (Wildman–Crippen MR) is 62.0 cm³/mol. The van der Waals surface area contributed by atoms with Gasteiger partial charge in [-0.05, 0) is 28.3 Å². The first kappa shape index (κ1) is 10.9. The number of rotatable bonds is 3. The third kappa shape index (κ3) is 5.21. The molecule has 3 heteroatoms. The molecule has 0 saturated heterocycles. The smallest absolute Gasteiger partial charge is 0.106 e. The quantitative estimate of drug-likeness (QED) is 0.707. The second-order valence-corrected chi connectivity index (χ2v) is 6.39. The van der Waals surface area contributed by atoms with Gasteiger partial charge in [-0.2, -0.15) is 0 Å². The highest BCUT2D eigenvalue weighted by atomic mass is 33.1. The Morgan fingerprint density at radius 1 is 1.31 bits per heavy atom. The van der Waals surface area contributed by atoms with Crippen molar-refractivity contribution in [3.63, 3.8) is 0 Å². The van der Waals surface area contributed by atoms with E-state index in [0.717, 1.165) is 10.8 Å². The molecule has 0 aliphatic rings. The van der Waals surface area contributed by atoms with Crippen LogP contribution in [0.2, 0.25) is 0 Å². The van der Waals surface area contributed by atoms with Crippen LogP contribution in [0.5, 0.6) is 0 Å². The normalized spacial score (nSPS) is 11.6. The van der Waals surface area contributed by atoms with Crippen molar-refractivity contribution in [2.75, 3.05) is 5.75 Å². The van der Waals surface area contributed by atoms with Gasteiger partial charge in [0.15, 0.2) is 0 Å². The molecule has 13 heavy (non-hydrogen) atoms. The van der Waals surface area contributed by atoms with Gasteiger partial charge in [-0.3, -0.25) is 0 Å². The van der Waals surface area contributed by atoms with Gasteiger partial charge in [-0.1, -0.05) is 37.6 Å². The van der Waals surface area contributed by atoms with E-state index in [1.807, 2.05) is 35.2 Å². The van der Waals surface area contributed by atoms with Crippen LogP contribution in [-0.4, -0.2) is 10.7 Å². The van der Waals surface area contributed by atoms with E-state index in [4.69, 9.17) is 0 Å². The lowest BCUT2D eigenvalue weighted by Crippen LogP contribution is -2.06. The molecular formula is C10H15NS2. The van der Waals surface area contributed by atoms with Gasteiger partial charge >= 0.3 is 0 Å². The average molecular weight is 213 g/mol. The van der Waals surface area contributed by atoms with Gasteiger partial charge in [0.1, 0.15) is 5.03 Å². The largest absolute Gasteiger partial charge is 0.249 e. The zero-order chi connectivity index (χ0) is 9.73. The summed E-state index contributed by atoms with van der Waals surface area (Å²) in [6, 6.07) is 6.01. The number of pyridine rings is 1. The maximum Gasteiger partial charge on any atom is 0.106 e. The molecule has 1 heterocycles. The summed E-state index contributed by atoms with van der Waals surface area (Å²) in [7, 11) is 3.62. The highest BCUT2D eigenvalue weighted by molar-refractivity contribution is 8.76. The molecular weight excluding hydrogens is 198 g/mol. The number of aromatic nitrogens is 1. The van der Waals surface area contributed by atoms with Crippen molar-refractivity contribution in [2.24, 2.45) is 5.41 Å². The van der Waals surface area contributed by atoms with Crippen LogP contribution in [0.1, 0.15) is 20.8 Å². The number of nitrogens with zero attached hydrogens (tertiary/aromatic N) is 1. The summed E-state index contributed by atoms with van der Waals surface area (Å²) < 4.78 is 0. The van der Waals surface area contributed by atoms with Crippen molar-refractivity contribution in [1.82, 2.24) is 4.98 Å². The van der Waals surface area contributed by atoms with E-state index >= 15 is 0 Å². The third-order valence-corrected chi connectivity index (χ3v) is 4.01. The van der Waals surface area contributed by atoms with Crippen molar-refractivity contribution in [3.05, 3.63) is 24.4 Å². The molecule has 0 aliphatic carbocycles. The highest BCUT2D eigenvalue weighted by Gasteiger charge is 2.10. The second-order valence-electron chi connectivity index (χ2n) is 4.07. The molecule has 0 radical (unpaired) electrons. The van der Waals surface area contributed by atoms with Gasteiger partial charge in [0, 0.05) is 11.9 Å². The summed E-state index contributed by atoms with van der Waals surface area (Å²) in [5.74, 6) is 1.15. The summed E-state index contributed by atoms with van der Waals surface area (Å²) in [5, 5.41) is 1.09. The summed E-state index contributed by atoms with van der Waals surface area (Å²) >= 11 is 0. The van der Waals surface area contributed by atoms with E-state index in [9.17, 15) is 0 Å². The summed E-state index contributed by atoms with van der Waals surface area (Å²) in [6.07, 6.45) is 1.83. The van der Waals surface area contributed by atoms with Crippen LogP contribution in [0.4, 0.5) is 0 Å². The molecule has 0 bridgehead atoms. The Hall–Kier alpha value is -0.150. The summed E-state index contributed by atoms with van der Waals surface area (Å²) in [4.78, 5) is 4.24. The molecule has 1 rings (SSSR count). The molecule has 0 amide bonds. The Morgan fingerprint density at radius 2 is 2.08 bits per heavy atom. The Bertz CT molecular complexity index is 241. The predicted octanol–water partition coefficient (Wildman–Crippen LogP) is 3.87. The Balaban J connectivity index is 2.29. The minimum Gasteiger partial charge on any atom is -0.249 e. The van der Waals surface area contributed by atoms with Crippen LogP contribution in [0.25, 0.3) is 0 Å². The fourth-order valence-corrected chi connectivity index (χ4v) is 3.33. The van der Waals surface area contributed by atoms with Crippen LogP contribution in [0.15, 0.2) is 29.4 Å². The van der Waals surface area contributed by atoms with Crippen LogP contribution >= 0.6 is 21.6 Å². The van der Waals surface area contributed by atoms with Crippen LogP contribution < -0.4 is 0 Å². The Kier molecular flexibility index (Phi) is 4.13. The zero-order valence-corrected chi connectivity index (χ0v) is 9.91. The lowest BCUT2D eigenvalue weighted by Gasteiger charge is -2.16. The molecule has 0 spiro atoms. The first-order valence-corrected chi connectivity index (χ1v) is 6.60. The molecule has 0 N–H and O–H groups in total. The molecule has 0 atom stereocenters. The standard InChI is InChI=1S/C10H15NS2/c1-10(2,3)8-12-13-9-6-4-5-7-11-9/h4-7H,8H2,1-3H3. The van der Waals surface area contributed by atoms with Crippen LogP contribution in [0.3, 0.4) is 0 Å². The van der Waals surface area contributed by atoms with Crippen molar-refractivity contribution in [1.29, 1.82) is 0 Å². The fraction of sp³-hybridized carbons (Fsp3) is 0.500. The van der Waals surface area contributed by atoms with E-state index in [-0.39, 0.29) is 0 Å². The molecule has 0 unspecified atom stereocenters. The van der Waals surface area contributed by atoms with Gasteiger partial charge < -0.3 is 0 Å². The SMILES string of the molecule is CC(C)(C)CSSc1ccccn1. The molecule has 0 aliphatic heterocycles. The zero-order valence-electron chi connectivity index (χ0n) is 8.28. The summed E-state index contributed by atoms with van der Waals surface area (Å²) in [6.45, 7) is 6.75. The van der Waals surface area contributed by atoms with E-state index < -0.39 is 0 Å². The van der Waals surface area contributed by atoms with Crippen molar-refractivity contribution in [2.45, 2.75) is 25.8 Å². The van der Waals surface area contributed by atoms with Crippen LogP contribution in [0, 0.1) is 5.41 Å². The van der Waals surface area contributed by atoms with E-state index in [2.05, 4.69) is 25.8 Å². The van der Waals surface area contributed by atoms with Crippen LogP contribution in [-0.2, 0) is 0 Å². The minimum atomic E-state index is 0.395. The topological polar surface area (TPSA) is 12.9 Å². The molecule has 1 aromatic rings. The lowest BCUT2D eigenvalue weighted by atomic mass is 10.0. The first-order chi connectivity index (χ1) is 6.08. The maximum atomic E-state index is 4.24. The molecule has 72 valence electrons. The number of hydrogen-bond donors (Lipinski definition) is 0. The van der Waals surface area contributed by atoms with Gasteiger partial charge in [0.25, 0.3) is 0 Å². The minimum absolute atomic E-state index is 0.395. The Morgan fingerprint density at radius 3 is 2.62 bits per heavy atom. The highest BCUT2D eigenvalue weighted by Crippen LogP contribution is 2.33. The third-order valence-electron chi connectivity index (χ3n) is 1.27. The van der Waals surface area contributed by atoms with E-state index in [1.54, 1.807) is 10.8 Å². The molecule has 0 fully saturated rings. The van der Waals surface area contributed by atoms with Gasteiger partial charge in [-0.15, -0.1) is 0 Å². The molecule has 0 aromatic carbocycles. The van der Waals surface area contributed by atoms with Crippen molar-refractivity contribution in [3.8, 4) is 0 Å². The maximum absolute atomic E-state index is 4.24. The van der Waals surface area contributed by atoms with E-state index in [0.29, 0.717) is 5.41 Å². The lowest BCUT2D eigenvalue weighted by molar-refractivity contribution is 0.482. The Labute approximate surface area is 88.1 Å². The molecule has 1 nitrogen and oxygen atoms in total. The fourth-order valence-electron chi connectivity index (χ4n) is 0.663. The average Bonchev–Trinajstić information content (AvgIpc) is 2.04. The van der Waals surface area contributed by atoms with Crippen molar-refractivity contribution >= 4 is 21.6 Å². The molecule has 0 saturated carbocycles.